The van der Waals surface area contributed by atoms with Gasteiger partial charge in [0.2, 0.25) is 0 Å². The van der Waals surface area contributed by atoms with E-state index in [0.717, 1.165) is 31.5 Å². The molecule has 5 rings (SSSR count). The Bertz CT molecular complexity index is 1140. The Morgan fingerprint density at radius 1 is 1.03 bits per heavy atom. The van der Waals surface area contributed by atoms with Gasteiger partial charge in [0.25, 0.3) is 5.56 Å². The molecule has 0 aromatic carbocycles. The number of hydrogen-bond acceptors (Lipinski definition) is 6. The molecule has 150 valence electrons. The zero-order valence-corrected chi connectivity index (χ0v) is 16.3. The van der Waals surface area contributed by atoms with Gasteiger partial charge in [0.15, 0.2) is 11.3 Å². The van der Waals surface area contributed by atoms with Crippen molar-refractivity contribution in [3.8, 4) is 11.4 Å². The zero-order chi connectivity index (χ0) is 19.8. The highest BCUT2D eigenvalue weighted by atomic mass is 16.2. The summed E-state index contributed by atoms with van der Waals surface area (Å²) in [6.45, 7) is 3.18. The average molecular weight is 392 g/mol. The summed E-state index contributed by atoms with van der Waals surface area (Å²) >= 11 is 0. The fourth-order valence-electron chi connectivity index (χ4n) is 4.10. The van der Waals surface area contributed by atoms with E-state index in [0.29, 0.717) is 29.9 Å². The van der Waals surface area contributed by atoms with Crippen LogP contribution < -0.4 is 11.2 Å². The quantitative estimate of drug-likeness (QED) is 0.659. The summed E-state index contributed by atoms with van der Waals surface area (Å²) in [6.07, 6.45) is 10.5. The largest absolute Gasteiger partial charge is 0.331 e. The number of nitrogens with zero attached hydrogens (tertiary/aromatic N) is 6. The zero-order valence-electron chi connectivity index (χ0n) is 16.3. The Labute approximate surface area is 167 Å². The maximum absolute atomic E-state index is 13.2. The molecule has 29 heavy (non-hydrogen) atoms. The molecule has 1 saturated heterocycles. The second kappa shape index (κ2) is 7.51. The van der Waals surface area contributed by atoms with E-state index < -0.39 is 0 Å². The molecule has 2 aliphatic rings. The minimum atomic E-state index is -0.327. The first-order chi connectivity index (χ1) is 14.2. The van der Waals surface area contributed by atoms with Crippen LogP contribution in [-0.4, -0.2) is 48.6 Å². The van der Waals surface area contributed by atoms with Gasteiger partial charge in [-0.1, -0.05) is 6.42 Å². The van der Waals surface area contributed by atoms with E-state index >= 15 is 0 Å². The van der Waals surface area contributed by atoms with Gasteiger partial charge in [-0.25, -0.2) is 14.8 Å². The number of hydrogen-bond donors (Lipinski definition) is 0. The van der Waals surface area contributed by atoms with Crippen molar-refractivity contribution < 1.29 is 0 Å². The van der Waals surface area contributed by atoms with Gasteiger partial charge in [0.1, 0.15) is 0 Å². The van der Waals surface area contributed by atoms with Crippen LogP contribution in [0.4, 0.5) is 0 Å². The molecule has 0 amide bonds. The SMILES string of the molecule is O=c1c2nc(-c3cccnc3)ncc2n(C2CC2)c(=O)n1CCN1CCCCC1. The highest BCUT2D eigenvalue weighted by molar-refractivity contribution is 5.75. The van der Waals surface area contributed by atoms with Crippen molar-refractivity contribution in [2.75, 3.05) is 19.6 Å². The number of piperidine rings is 1. The molecule has 4 heterocycles. The van der Waals surface area contributed by atoms with Crippen molar-refractivity contribution in [3.63, 3.8) is 0 Å². The second-order valence-corrected chi connectivity index (χ2v) is 7.91. The molecule has 0 N–H and O–H groups in total. The smallest absolute Gasteiger partial charge is 0.302 e. The first kappa shape index (κ1) is 18.2. The van der Waals surface area contributed by atoms with E-state index in [1.54, 1.807) is 23.2 Å². The van der Waals surface area contributed by atoms with Crippen molar-refractivity contribution in [1.82, 2.24) is 29.0 Å². The summed E-state index contributed by atoms with van der Waals surface area (Å²) in [6, 6.07) is 3.81. The average Bonchev–Trinajstić information content (AvgIpc) is 3.60. The lowest BCUT2D eigenvalue weighted by Crippen LogP contribution is -2.43. The number of likely N-dealkylation sites (tertiary alicyclic amines) is 1. The Morgan fingerprint density at radius 2 is 1.86 bits per heavy atom. The van der Waals surface area contributed by atoms with Crippen molar-refractivity contribution in [3.05, 3.63) is 51.6 Å². The van der Waals surface area contributed by atoms with Crippen molar-refractivity contribution in [1.29, 1.82) is 0 Å². The molecule has 8 nitrogen and oxygen atoms in total. The third-order valence-electron chi connectivity index (χ3n) is 5.83. The Kier molecular flexibility index (Phi) is 4.71. The van der Waals surface area contributed by atoms with E-state index in [2.05, 4.69) is 19.9 Å². The lowest BCUT2D eigenvalue weighted by molar-refractivity contribution is 0.218. The predicted molar refractivity (Wildman–Crippen MR) is 110 cm³/mol. The third-order valence-corrected chi connectivity index (χ3v) is 5.83. The first-order valence-corrected chi connectivity index (χ1v) is 10.4. The van der Waals surface area contributed by atoms with Gasteiger partial charge in [0.05, 0.1) is 11.7 Å². The summed E-state index contributed by atoms with van der Waals surface area (Å²) in [7, 11) is 0. The number of fused-ring (bicyclic) bond motifs is 1. The molecular formula is C21H24N6O2. The lowest BCUT2D eigenvalue weighted by Gasteiger charge is -2.26. The normalized spacial score (nSPS) is 17.7. The number of pyridine rings is 1. The molecule has 0 bridgehead atoms. The molecule has 0 atom stereocenters. The molecule has 1 aliphatic heterocycles. The van der Waals surface area contributed by atoms with E-state index in [1.807, 2.05) is 12.1 Å². The lowest BCUT2D eigenvalue weighted by atomic mass is 10.1. The third kappa shape index (κ3) is 3.48. The van der Waals surface area contributed by atoms with Crippen LogP contribution in [-0.2, 0) is 6.54 Å². The highest BCUT2D eigenvalue weighted by Gasteiger charge is 2.29. The van der Waals surface area contributed by atoms with Crippen LogP contribution >= 0.6 is 0 Å². The monoisotopic (exact) mass is 392 g/mol. The Hall–Kier alpha value is -2.87. The standard InChI is InChI=1S/C21H24N6O2/c28-20-18-17(14-23-19(24-18)15-5-4-8-22-13-15)27(16-6-7-16)21(29)26(20)12-11-25-9-2-1-3-10-25/h4-5,8,13-14,16H,1-3,6-7,9-12H2. The topological polar surface area (TPSA) is 85.9 Å². The number of rotatable bonds is 5. The second-order valence-electron chi connectivity index (χ2n) is 7.91. The molecule has 3 aromatic rings. The predicted octanol–water partition coefficient (Wildman–Crippen LogP) is 1.84. The van der Waals surface area contributed by atoms with Crippen molar-refractivity contribution >= 4 is 11.0 Å². The summed E-state index contributed by atoms with van der Waals surface area (Å²) < 4.78 is 3.09. The van der Waals surface area contributed by atoms with Crippen LogP contribution in [0.1, 0.15) is 38.1 Å². The van der Waals surface area contributed by atoms with E-state index in [1.165, 1.54) is 23.8 Å². The molecule has 0 spiro atoms. The maximum atomic E-state index is 13.2. The summed E-state index contributed by atoms with van der Waals surface area (Å²) in [4.78, 5) is 41.8. The van der Waals surface area contributed by atoms with Crippen LogP contribution in [0.5, 0.6) is 0 Å². The molecule has 0 unspecified atom stereocenters. The molecule has 1 saturated carbocycles. The van der Waals surface area contributed by atoms with Crippen LogP contribution in [0, 0.1) is 0 Å². The molecule has 3 aromatic heterocycles. The first-order valence-electron chi connectivity index (χ1n) is 10.4. The van der Waals surface area contributed by atoms with Gasteiger partial charge in [-0.05, 0) is 50.9 Å². The highest BCUT2D eigenvalue weighted by Crippen LogP contribution is 2.35. The minimum absolute atomic E-state index is 0.139. The molecular weight excluding hydrogens is 368 g/mol. The van der Waals surface area contributed by atoms with Crippen molar-refractivity contribution in [2.24, 2.45) is 0 Å². The van der Waals surface area contributed by atoms with E-state index in [-0.39, 0.29) is 17.3 Å². The molecule has 0 radical (unpaired) electrons. The fraction of sp³-hybridized carbons (Fsp3) is 0.476. The maximum Gasteiger partial charge on any atom is 0.331 e. The van der Waals surface area contributed by atoms with Crippen LogP contribution in [0.3, 0.4) is 0 Å². The Balaban J connectivity index is 1.60. The van der Waals surface area contributed by atoms with Gasteiger partial charge >= 0.3 is 5.69 Å². The fourth-order valence-corrected chi connectivity index (χ4v) is 4.10. The van der Waals surface area contributed by atoms with Gasteiger partial charge < -0.3 is 4.90 Å². The van der Waals surface area contributed by atoms with Gasteiger partial charge in [-0.15, -0.1) is 0 Å². The van der Waals surface area contributed by atoms with Crippen LogP contribution in [0.2, 0.25) is 0 Å². The van der Waals surface area contributed by atoms with Crippen LogP contribution in [0.25, 0.3) is 22.4 Å². The van der Waals surface area contributed by atoms with Crippen LogP contribution in [0.15, 0.2) is 40.3 Å². The van der Waals surface area contributed by atoms with Crippen molar-refractivity contribution in [2.45, 2.75) is 44.7 Å². The minimum Gasteiger partial charge on any atom is -0.302 e. The molecule has 1 aliphatic carbocycles. The summed E-state index contributed by atoms with van der Waals surface area (Å²) in [5.74, 6) is 0.450. The summed E-state index contributed by atoms with van der Waals surface area (Å²) in [5.41, 5.74) is 1.03. The van der Waals surface area contributed by atoms with Gasteiger partial charge in [-0.2, -0.15) is 0 Å². The number of aromatic nitrogens is 5. The molecule has 8 heteroatoms. The molecule has 2 fully saturated rings. The summed E-state index contributed by atoms with van der Waals surface area (Å²) in [5, 5.41) is 0. The Morgan fingerprint density at radius 3 is 2.59 bits per heavy atom. The van der Waals surface area contributed by atoms with Gasteiger partial charge in [-0.3, -0.25) is 18.9 Å². The van der Waals surface area contributed by atoms with Gasteiger partial charge in [0, 0.05) is 37.1 Å². The van der Waals surface area contributed by atoms with E-state index in [4.69, 9.17) is 0 Å². The van der Waals surface area contributed by atoms with E-state index in [9.17, 15) is 9.59 Å².